The van der Waals surface area contributed by atoms with E-state index >= 15 is 0 Å². The maximum absolute atomic E-state index is 12.3. The van der Waals surface area contributed by atoms with E-state index in [9.17, 15) is 9.59 Å². The molecule has 3 N–H and O–H groups in total. The molecule has 0 saturated carbocycles. The van der Waals surface area contributed by atoms with Crippen molar-refractivity contribution >= 4 is 22.9 Å². The van der Waals surface area contributed by atoms with E-state index in [2.05, 4.69) is 10.3 Å². The van der Waals surface area contributed by atoms with Gasteiger partial charge in [0.15, 0.2) is 0 Å². The summed E-state index contributed by atoms with van der Waals surface area (Å²) < 4.78 is 1.46. The Morgan fingerprint density at radius 3 is 2.62 bits per heavy atom. The number of benzene rings is 1. The van der Waals surface area contributed by atoms with Crippen LogP contribution in [0.1, 0.15) is 10.4 Å². The van der Waals surface area contributed by atoms with Gasteiger partial charge < -0.3 is 11.1 Å². The minimum atomic E-state index is -0.492. The molecule has 1 amide bonds. The molecule has 2 aromatic heterocycles. The number of rotatable bonds is 3. The number of fused-ring (bicyclic) bond motifs is 1. The van der Waals surface area contributed by atoms with Gasteiger partial charge in [0, 0.05) is 17.4 Å². The quantitative estimate of drug-likeness (QED) is 0.761. The highest BCUT2D eigenvalue weighted by molar-refractivity contribution is 5.93. The van der Waals surface area contributed by atoms with E-state index in [1.807, 2.05) is 6.07 Å². The molecule has 0 radical (unpaired) electrons. The first-order chi connectivity index (χ1) is 10.1. The first-order valence-corrected chi connectivity index (χ1v) is 6.28. The number of pyridine rings is 1. The lowest BCUT2D eigenvalue weighted by molar-refractivity contribution is 0.100. The van der Waals surface area contributed by atoms with E-state index in [0.717, 1.165) is 0 Å². The Labute approximate surface area is 119 Å². The van der Waals surface area contributed by atoms with Gasteiger partial charge in [-0.1, -0.05) is 6.07 Å². The number of amides is 1. The molecule has 0 spiro atoms. The first-order valence-electron chi connectivity index (χ1n) is 6.28. The van der Waals surface area contributed by atoms with Crippen LogP contribution in [0.5, 0.6) is 0 Å². The number of anilines is 2. The Hall–Kier alpha value is -3.15. The summed E-state index contributed by atoms with van der Waals surface area (Å²) in [6.07, 6.45) is 3.14. The Bertz CT molecular complexity index is 869. The van der Waals surface area contributed by atoms with Gasteiger partial charge in [-0.25, -0.2) is 4.98 Å². The largest absolute Gasteiger partial charge is 0.366 e. The lowest BCUT2D eigenvalue weighted by Gasteiger charge is -2.07. The standard InChI is InChI=1S/C15H12N4O2/c16-14(20)10-4-6-11(7-5-10)18-12-9-17-13-3-1-2-8-19(13)15(12)21/h1-9,18H,(H2,16,20). The van der Waals surface area contributed by atoms with Crippen molar-refractivity contribution in [3.05, 3.63) is 70.8 Å². The van der Waals surface area contributed by atoms with Crippen LogP contribution in [0.4, 0.5) is 11.4 Å². The van der Waals surface area contributed by atoms with Crippen molar-refractivity contribution < 1.29 is 4.79 Å². The molecule has 3 aromatic rings. The number of primary amides is 1. The normalized spacial score (nSPS) is 10.5. The molecule has 3 rings (SSSR count). The highest BCUT2D eigenvalue weighted by Crippen LogP contribution is 2.14. The average molecular weight is 280 g/mol. The zero-order valence-electron chi connectivity index (χ0n) is 11.0. The molecule has 0 aliphatic heterocycles. The van der Waals surface area contributed by atoms with Gasteiger partial charge in [-0.15, -0.1) is 0 Å². The second-order valence-electron chi connectivity index (χ2n) is 4.47. The summed E-state index contributed by atoms with van der Waals surface area (Å²) >= 11 is 0. The molecule has 0 atom stereocenters. The van der Waals surface area contributed by atoms with Gasteiger partial charge in [0.25, 0.3) is 5.56 Å². The number of carbonyl (C=O) groups excluding carboxylic acids is 1. The number of nitrogens with one attached hydrogen (secondary N) is 1. The number of hydrogen-bond donors (Lipinski definition) is 2. The molecule has 0 saturated heterocycles. The second-order valence-corrected chi connectivity index (χ2v) is 4.47. The Morgan fingerprint density at radius 2 is 1.90 bits per heavy atom. The van der Waals surface area contributed by atoms with E-state index < -0.39 is 5.91 Å². The third kappa shape index (κ3) is 2.46. The highest BCUT2D eigenvalue weighted by atomic mass is 16.1. The van der Waals surface area contributed by atoms with E-state index in [-0.39, 0.29) is 5.56 Å². The number of aromatic nitrogens is 2. The van der Waals surface area contributed by atoms with Crippen LogP contribution in [0.2, 0.25) is 0 Å². The Kier molecular flexibility index (Phi) is 3.12. The first kappa shape index (κ1) is 12.9. The molecule has 0 bridgehead atoms. The van der Waals surface area contributed by atoms with Crippen LogP contribution in [-0.4, -0.2) is 15.3 Å². The van der Waals surface area contributed by atoms with Crippen molar-refractivity contribution in [2.24, 2.45) is 5.73 Å². The molecular formula is C15H12N4O2. The second kappa shape index (κ2) is 5.09. The summed E-state index contributed by atoms with van der Waals surface area (Å²) in [5, 5.41) is 2.98. The zero-order valence-corrected chi connectivity index (χ0v) is 11.0. The summed E-state index contributed by atoms with van der Waals surface area (Å²) in [7, 11) is 0. The molecule has 0 aliphatic rings. The van der Waals surface area contributed by atoms with Crippen LogP contribution in [0.15, 0.2) is 59.7 Å². The topological polar surface area (TPSA) is 89.5 Å². The van der Waals surface area contributed by atoms with Crippen LogP contribution in [0.3, 0.4) is 0 Å². The number of hydrogen-bond acceptors (Lipinski definition) is 4. The van der Waals surface area contributed by atoms with Gasteiger partial charge in [0.2, 0.25) is 5.91 Å². The Morgan fingerprint density at radius 1 is 1.14 bits per heavy atom. The van der Waals surface area contributed by atoms with E-state index in [1.54, 1.807) is 42.6 Å². The van der Waals surface area contributed by atoms with Crippen molar-refractivity contribution in [3.63, 3.8) is 0 Å². The molecular weight excluding hydrogens is 268 g/mol. The van der Waals surface area contributed by atoms with Gasteiger partial charge in [0.05, 0.1) is 6.20 Å². The van der Waals surface area contributed by atoms with E-state index in [1.165, 1.54) is 10.6 Å². The third-order valence-electron chi connectivity index (χ3n) is 3.06. The lowest BCUT2D eigenvalue weighted by Crippen LogP contribution is -2.17. The van der Waals surface area contributed by atoms with Crippen molar-refractivity contribution in [1.29, 1.82) is 0 Å². The van der Waals surface area contributed by atoms with Crippen molar-refractivity contribution in [2.45, 2.75) is 0 Å². The maximum Gasteiger partial charge on any atom is 0.281 e. The van der Waals surface area contributed by atoms with Crippen molar-refractivity contribution in [2.75, 3.05) is 5.32 Å². The summed E-state index contributed by atoms with van der Waals surface area (Å²) in [5.41, 5.74) is 7.00. The summed E-state index contributed by atoms with van der Waals surface area (Å²) in [6, 6.07) is 11.9. The molecule has 1 aromatic carbocycles. The van der Waals surface area contributed by atoms with Gasteiger partial charge >= 0.3 is 0 Å². The zero-order chi connectivity index (χ0) is 14.8. The fourth-order valence-electron chi connectivity index (χ4n) is 1.99. The highest BCUT2D eigenvalue weighted by Gasteiger charge is 2.05. The van der Waals surface area contributed by atoms with Gasteiger partial charge in [-0.2, -0.15) is 0 Å². The van der Waals surface area contributed by atoms with Crippen LogP contribution >= 0.6 is 0 Å². The fourth-order valence-corrected chi connectivity index (χ4v) is 1.99. The maximum atomic E-state index is 12.3. The molecule has 0 unspecified atom stereocenters. The molecule has 6 heteroatoms. The van der Waals surface area contributed by atoms with Crippen LogP contribution in [0.25, 0.3) is 5.65 Å². The van der Waals surface area contributed by atoms with Gasteiger partial charge in [-0.05, 0) is 36.4 Å². The van der Waals surface area contributed by atoms with Crippen LogP contribution in [-0.2, 0) is 0 Å². The van der Waals surface area contributed by atoms with Crippen molar-refractivity contribution in [1.82, 2.24) is 9.38 Å². The molecule has 104 valence electrons. The van der Waals surface area contributed by atoms with Crippen molar-refractivity contribution in [3.8, 4) is 0 Å². The summed E-state index contributed by atoms with van der Waals surface area (Å²) in [6.45, 7) is 0. The van der Waals surface area contributed by atoms with Gasteiger partial charge in [0.1, 0.15) is 11.3 Å². The van der Waals surface area contributed by atoms with E-state index in [4.69, 9.17) is 5.73 Å². The predicted molar refractivity (Wildman–Crippen MR) is 79.7 cm³/mol. The Balaban J connectivity index is 1.96. The monoisotopic (exact) mass is 280 g/mol. The molecule has 6 nitrogen and oxygen atoms in total. The number of nitrogens with two attached hydrogens (primary N) is 1. The average Bonchev–Trinajstić information content (AvgIpc) is 2.51. The molecule has 0 aliphatic carbocycles. The van der Waals surface area contributed by atoms with Crippen LogP contribution in [0, 0.1) is 0 Å². The summed E-state index contributed by atoms with van der Waals surface area (Å²) in [4.78, 5) is 27.5. The predicted octanol–water partition coefficient (Wildman–Crippen LogP) is 1.54. The van der Waals surface area contributed by atoms with Crippen LogP contribution < -0.4 is 16.6 Å². The summed E-state index contributed by atoms with van der Waals surface area (Å²) in [5.74, 6) is -0.492. The number of nitrogens with zero attached hydrogens (tertiary/aromatic N) is 2. The van der Waals surface area contributed by atoms with Gasteiger partial charge in [-0.3, -0.25) is 14.0 Å². The molecule has 21 heavy (non-hydrogen) atoms. The fraction of sp³-hybridized carbons (Fsp3) is 0. The minimum absolute atomic E-state index is 0.195. The minimum Gasteiger partial charge on any atom is -0.366 e. The van der Waals surface area contributed by atoms with E-state index in [0.29, 0.717) is 22.6 Å². The SMILES string of the molecule is NC(=O)c1ccc(Nc2cnc3ccccn3c2=O)cc1. The third-order valence-corrected chi connectivity index (χ3v) is 3.06. The smallest absolute Gasteiger partial charge is 0.281 e. The molecule has 0 fully saturated rings. The lowest BCUT2D eigenvalue weighted by atomic mass is 10.2. The number of carbonyl (C=O) groups is 1. The molecule has 2 heterocycles.